The molecule has 0 unspecified atom stereocenters. The average molecular weight is 466 g/mol. The summed E-state index contributed by atoms with van der Waals surface area (Å²) in [6, 6.07) is 2.67. The van der Waals surface area contributed by atoms with Crippen LogP contribution in [0, 0.1) is 0 Å². The molecule has 0 bridgehead atoms. The van der Waals surface area contributed by atoms with Crippen LogP contribution in [0.5, 0.6) is 0 Å². The highest BCUT2D eigenvalue weighted by Gasteiger charge is 2.17. The lowest BCUT2D eigenvalue weighted by atomic mass is 10.1. The Bertz CT molecular complexity index is 946. The number of pyridine rings is 2. The predicted molar refractivity (Wildman–Crippen MR) is 111 cm³/mol. The molecule has 2 aromatic rings. The molecule has 0 aliphatic rings. The molecule has 2 aromatic heterocycles. The third-order valence-corrected chi connectivity index (χ3v) is 4.04. The van der Waals surface area contributed by atoms with Gasteiger partial charge in [-0.3, -0.25) is 19.2 Å². The lowest BCUT2D eigenvalue weighted by molar-refractivity contribution is 0.0977. The van der Waals surface area contributed by atoms with Gasteiger partial charge in [-0.15, -0.1) is 0 Å². The number of hydrogen-bond acceptors (Lipinski definition) is 6. The molecule has 0 aromatic carbocycles. The molecule has 0 N–H and O–H groups in total. The number of rotatable bonds is 4. The Labute approximate surface area is 182 Å². The van der Waals surface area contributed by atoms with E-state index in [1.165, 1.54) is 32.9 Å². The monoisotopic (exact) mass is 464 g/mol. The Hall–Kier alpha value is -1.86. The largest absolute Gasteiger partial charge is 0.296 e. The normalized spacial score (nSPS) is 9.54. The number of carbonyl (C=O) groups is 4. The number of aldehydes is 1. The summed E-state index contributed by atoms with van der Waals surface area (Å²) in [7, 11) is 0. The Balaban J connectivity index is 0.000000504. The van der Waals surface area contributed by atoms with Crippen LogP contribution >= 0.6 is 46.4 Å². The van der Waals surface area contributed by atoms with Crippen molar-refractivity contribution < 1.29 is 19.2 Å². The van der Waals surface area contributed by atoms with E-state index >= 15 is 0 Å². The van der Waals surface area contributed by atoms with E-state index in [4.69, 9.17) is 46.4 Å². The van der Waals surface area contributed by atoms with Crippen molar-refractivity contribution in [3.63, 3.8) is 0 Å². The van der Waals surface area contributed by atoms with Gasteiger partial charge in [-0.1, -0.05) is 53.8 Å². The molecule has 2 heterocycles. The average Bonchev–Trinajstić information content (AvgIpc) is 2.52. The second kappa shape index (κ2) is 11.2. The fraction of sp³-hybridized carbons (Fsp3) is 0.222. The van der Waals surface area contributed by atoms with E-state index in [1.807, 2.05) is 0 Å². The Morgan fingerprint density at radius 2 is 1.21 bits per heavy atom. The molecule has 0 fully saturated rings. The summed E-state index contributed by atoms with van der Waals surface area (Å²) in [5.74, 6) is -0.944. The van der Waals surface area contributed by atoms with Gasteiger partial charge < -0.3 is 0 Å². The van der Waals surface area contributed by atoms with Gasteiger partial charge in [0.25, 0.3) is 0 Å². The van der Waals surface area contributed by atoms with Crippen molar-refractivity contribution in [2.75, 3.05) is 0 Å². The molecule has 0 amide bonds. The summed E-state index contributed by atoms with van der Waals surface area (Å²) in [6.07, 6.45) is 0.453. The van der Waals surface area contributed by atoms with Crippen LogP contribution in [0.2, 0.25) is 20.4 Å². The molecule has 28 heavy (non-hydrogen) atoms. The molecular weight excluding hydrogens is 450 g/mol. The number of halogens is 4. The quantitative estimate of drug-likeness (QED) is 0.320. The molecule has 2 rings (SSSR count). The summed E-state index contributed by atoms with van der Waals surface area (Å²) in [5.41, 5.74) is 0.240. The molecule has 0 radical (unpaired) electrons. The molecule has 0 saturated carbocycles. The van der Waals surface area contributed by atoms with Crippen LogP contribution < -0.4 is 0 Å². The van der Waals surface area contributed by atoms with Crippen molar-refractivity contribution in [2.24, 2.45) is 0 Å². The molecule has 6 nitrogen and oxygen atoms in total. The Morgan fingerprint density at radius 1 is 0.786 bits per heavy atom. The highest BCUT2D eigenvalue weighted by molar-refractivity contribution is 6.37. The van der Waals surface area contributed by atoms with Crippen molar-refractivity contribution in [1.82, 2.24) is 9.97 Å². The Morgan fingerprint density at radius 3 is 1.61 bits per heavy atom. The van der Waals surface area contributed by atoms with Crippen LogP contribution in [-0.2, 0) is 0 Å². The first-order chi connectivity index (χ1) is 12.5. The topological polar surface area (TPSA) is 94.1 Å². The molecule has 0 atom stereocenters. The zero-order chi connectivity index (χ0) is 20.9. The maximum absolute atomic E-state index is 11.2. The van der Waals surface area contributed by atoms with Gasteiger partial charge in [0.15, 0.2) is 23.6 Å². The first-order valence-corrected chi connectivity index (χ1v) is 8.70. The van der Waals surface area contributed by atoms with E-state index in [1.54, 1.807) is 0 Å². The van der Waals surface area contributed by atoms with Crippen LogP contribution in [0.25, 0.3) is 0 Å². The zero-order valence-corrected chi connectivity index (χ0v) is 17.3. The first kappa shape index (κ1) is 26.1. The van der Waals surface area contributed by atoms with Gasteiger partial charge >= 0.3 is 0 Å². The van der Waals surface area contributed by atoms with Gasteiger partial charge in [-0.05, 0) is 26.0 Å². The van der Waals surface area contributed by atoms with Crippen molar-refractivity contribution in [1.29, 1.82) is 0 Å². The minimum Gasteiger partial charge on any atom is -0.296 e. The number of nitrogens with zero attached hydrogens (tertiary/aromatic N) is 2. The third-order valence-electron chi connectivity index (χ3n) is 3.06. The second-order valence-electron chi connectivity index (χ2n) is 5.12. The van der Waals surface area contributed by atoms with Gasteiger partial charge in [0.2, 0.25) is 0 Å². The maximum atomic E-state index is 11.2. The highest BCUT2D eigenvalue weighted by atomic mass is 35.5. The van der Waals surface area contributed by atoms with Gasteiger partial charge in [-0.25, -0.2) is 9.97 Å². The summed E-state index contributed by atoms with van der Waals surface area (Å²) < 4.78 is 0. The third kappa shape index (κ3) is 6.63. The molecule has 0 aliphatic heterocycles. The van der Waals surface area contributed by atoms with Gasteiger partial charge in [0.05, 0.1) is 21.2 Å². The molecular formula is C18H16Cl4N2O4. The lowest BCUT2D eigenvalue weighted by Gasteiger charge is -2.05. The van der Waals surface area contributed by atoms with Crippen LogP contribution in [0.4, 0.5) is 0 Å². The highest BCUT2D eigenvalue weighted by Crippen LogP contribution is 2.23. The van der Waals surface area contributed by atoms with E-state index < -0.39 is 0 Å². The molecule has 150 valence electrons. The molecule has 0 saturated heterocycles. The van der Waals surface area contributed by atoms with Crippen LogP contribution in [0.15, 0.2) is 12.1 Å². The molecule has 0 aliphatic carbocycles. The van der Waals surface area contributed by atoms with Gasteiger partial charge in [-0.2, -0.15) is 0 Å². The minimum absolute atomic E-state index is 0. The van der Waals surface area contributed by atoms with E-state index in [0.29, 0.717) is 6.29 Å². The zero-order valence-electron chi connectivity index (χ0n) is 14.3. The summed E-state index contributed by atoms with van der Waals surface area (Å²) >= 11 is 22.6. The van der Waals surface area contributed by atoms with E-state index in [0.717, 1.165) is 0 Å². The second-order valence-corrected chi connectivity index (χ2v) is 6.71. The number of hydrogen-bond donors (Lipinski definition) is 0. The lowest BCUT2D eigenvalue weighted by Crippen LogP contribution is -2.08. The number of carbonyl (C=O) groups excluding carboxylic acids is 4. The smallest absolute Gasteiger partial charge is 0.178 e. The minimum atomic E-state index is -0.334. The van der Waals surface area contributed by atoms with E-state index in [9.17, 15) is 19.2 Å². The summed E-state index contributed by atoms with van der Waals surface area (Å²) in [5, 5.41) is 0.500. The molecule has 10 heteroatoms. The van der Waals surface area contributed by atoms with E-state index in [-0.39, 0.29) is 67.6 Å². The van der Waals surface area contributed by atoms with Crippen molar-refractivity contribution in [3.05, 3.63) is 55.0 Å². The molecule has 0 spiro atoms. The number of ketones is 3. The summed E-state index contributed by atoms with van der Waals surface area (Å²) in [4.78, 5) is 51.3. The van der Waals surface area contributed by atoms with Crippen LogP contribution in [0.3, 0.4) is 0 Å². The van der Waals surface area contributed by atoms with Crippen LogP contribution in [0.1, 0.15) is 69.9 Å². The van der Waals surface area contributed by atoms with E-state index in [2.05, 4.69) is 9.97 Å². The van der Waals surface area contributed by atoms with Gasteiger partial charge in [0, 0.05) is 6.92 Å². The number of Topliss-reactive ketones (excluding diaryl/α,β-unsaturated/α-hetero) is 3. The fourth-order valence-electron chi connectivity index (χ4n) is 2.01. The number of aromatic nitrogens is 2. The predicted octanol–water partition coefficient (Wildman–Crippen LogP) is 5.83. The van der Waals surface area contributed by atoms with Crippen molar-refractivity contribution >= 4 is 70.0 Å². The first-order valence-electron chi connectivity index (χ1n) is 7.19. The van der Waals surface area contributed by atoms with Crippen molar-refractivity contribution in [2.45, 2.75) is 28.2 Å². The standard InChI is InChI=1S/C9H7Cl2NO2.C8H5Cl2NO2.CH4/c1-4(13)8-6(10)3-7(11)12-9(8)5(2)14;1-4(13)8-5(9)2-7(10)11-6(8)3-12;/h3H,1-2H3;2-3H,1H3;1H4. The van der Waals surface area contributed by atoms with Gasteiger partial charge in [0.1, 0.15) is 21.7 Å². The fourth-order valence-corrected chi connectivity index (χ4v) is 3.18. The maximum Gasteiger partial charge on any atom is 0.178 e. The Kier molecular flexibility index (Phi) is 10.5. The SMILES string of the molecule is C.CC(=O)c1c(Cl)cc(Cl)nc1C=O.CC(=O)c1nc(Cl)cc(Cl)c1C(C)=O. The van der Waals surface area contributed by atoms with Crippen LogP contribution in [-0.4, -0.2) is 33.6 Å². The van der Waals surface area contributed by atoms with Crippen molar-refractivity contribution in [3.8, 4) is 0 Å². The summed E-state index contributed by atoms with van der Waals surface area (Å²) in [6.45, 7) is 3.94.